The van der Waals surface area contributed by atoms with Crippen molar-refractivity contribution in [2.24, 2.45) is 0 Å². The molecule has 6 nitrogen and oxygen atoms in total. The lowest BCUT2D eigenvalue weighted by molar-refractivity contribution is -0.135. The van der Waals surface area contributed by atoms with Crippen molar-refractivity contribution in [2.75, 3.05) is 13.1 Å². The van der Waals surface area contributed by atoms with Crippen LogP contribution in [0.4, 0.5) is 0 Å². The highest BCUT2D eigenvalue weighted by molar-refractivity contribution is 6.05. The van der Waals surface area contributed by atoms with Crippen molar-refractivity contribution in [3.63, 3.8) is 0 Å². The van der Waals surface area contributed by atoms with Gasteiger partial charge in [-0.2, -0.15) is 0 Å². The predicted molar refractivity (Wildman–Crippen MR) is 70.8 cm³/mol. The lowest BCUT2D eigenvalue weighted by Crippen LogP contribution is -2.53. The van der Waals surface area contributed by atoms with Crippen LogP contribution in [0, 0.1) is 0 Å². The first-order valence-corrected chi connectivity index (χ1v) is 6.11. The van der Waals surface area contributed by atoms with Gasteiger partial charge in [0.15, 0.2) is 0 Å². The third-order valence-electron chi connectivity index (χ3n) is 3.05. The second-order valence-corrected chi connectivity index (χ2v) is 4.52. The van der Waals surface area contributed by atoms with Crippen LogP contribution in [0.5, 0.6) is 0 Å². The molecule has 1 aromatic carbocycles. The Morgan fingerprint density at radius 3 is 2.50 bits per heavy atom. The number of benzene rings is 1. The molecule has 1 aliphatic rings. The van der Waals surface area contributed by atoms with Gasteiger partial charge < -0.3 is 4.90 Å². The van der Waals surface area contributed by atoms with Gasteiger partial charge in [-0.1, -0.05) is 24.3 Å². The SMILES string of the molecule is O=C1CN(C(=O)c2ccc3ccccc3n2)CC(=O)N1. The topological polar surface area (TPSA) is 79.4 Å². The summed E-state index contributed by atoms with van der Waals surface area (Å²) in [5.41, 5.74) is 0.928. The number of carbonyl (C=O) groups is 3. The van der Waals surface area contributed by atoms with E-state index in [0.29, 0.717) is 5.52 Å². The highest BCUT2D eigenvalue weighted by Crippen LogP contribution is 2.13. The fourth-order valence-corrected chi connectivity index (χ4v) is 2.13. The predicted octanol–water partition coefficient (Wildman–Crippen LogP) is 0.333. The monoisotopic (exact) mass is 269 g/mol. The third-order valence-corrected chi connectivity index (χ3v) is 3.05. The number of aromatic nitrogens is 1. The van der Waals surface area contributed by atoms with Crippen LogP contribution < -0.4 is 5.32 Å². The summed E-state index contributed by atoms with van der Waals surface area (Å²) in [7, 11) is 0. The first-order chi connectivity index (χ1) is 9.63. The molecule has 20 heavy (non-hydrogen) atoms. The minimum Gasteiger partial charge on any atom is -0.319 e. The maximum atomic E-state index is 12.3. The highest BCUT2D eigenvalue weighted by Gasteiger charge is 2.27. The molecule has 2 heterocycles. The van der Waals surface area contributed by atoms with Gasteiger partial charge in [-0.3, -0.25) is 19.7 Å². The van der Waals surface area contributed by atoms with E-state index in [1.54, 1.807) is 18.2 Å². The van der Waals surface area contributed by atoms with Gasteiger partial charge in [-0.15, -0.1) is 0 Å². The maximum Gasteiger partial charge on any atom is 0.273 e. The number of imide groups is 1. The number of fused-ring (bicyclic) bond motifs is 1. The van der Waals surface area contributed by atoms with Gasteiger partial charge in [-0.25, -0.2) is 4.98 Å². The van der Waals surface area contributed by atoms with E-state index in [4.69, 9.17) is 0 Å². The van der Waals surface area contributed by atoms with E-state index in [1.807, 2.05) is 18.2 Å². The van der Waals surface area contributed by atoms with E-state index in [2.05, 4.69) is 10.3 Å². The van der Waals surface area contributed by atoms with Crippen LogP contribution in [0.1, 0.15) is 10.5 Å². The van der Waals surface area contributed by atoms with Crippen molar-refractivity contribution >= 4 is 28.6 Å². The number of piperazine rings is 1. The molecule has 1 fully saturated rings. The molecule has 0 atom stereocenters. The van der Waals surface area contributed by atoms with Crippen molar-refractivity contribution in [1.82, 2.24) is 15.2 Å². The fourth-order valence-electron chi connectivity index (χ4n) is 2.13. The number of pyridine rings is 1. The van der Waals surface area contributed by atoms with Crippen LogP contribution in [0.3, 0.4) is 0 Å². The molecule has 1 N–H and O–H groups in total. The number of nitrogens with zero attached hydrogens (tertiary/aromatic N) is 2. The van der Waals surface area contributed by atoms with E-state index >= 15 is 0 Å². The smallest absolute Gasteiger partial charge is 0.273 e. The molecular weight excluding hydrogens is 258 g/mol. The molecule has 0 radical (unpaired) electrons. The Hall–Kier alpha value is -2.76. The lowest BCUT2D eigenvalue weighted by atomic mass is 10.2. The Bertz CT molecular complexity index is 710. The number of carbonyl (C=O) groups excluding carboxylic acids is 3. The number of nitrogens with one attached hydrogen (secondary N) is 1. The Labute approximate surface area is 114 Å². The zero-order chi connectivity index (χ0) is 14.1. The van der Waals surface area contributed by atoms with E-state index in [-0.39, 0.29) is 18.8 Å². The molecule has 100 valence electrons. The van der Waals surface area contributed by atoms with E-state index in [0.717, 1.165) is 5.39 Å². The quantitative estimate of drug-likeness (QED) is 0.757. The summed E-state index contributed by atoms with van der Waals surface area (Å²) in [5, 5.41) is 3.08. The zero-order valence-corrected chi connectivity index (χ0v) is 10.5. The minimum atomic E-state index is -0.476. The summed E-state index contributed by atoms with van der Waals surface area (Å²) >= 11 is 0. The van der Waals surface area contributed by atoms with Crippen molar-refractivity contribution in [3.05, 3.63) is 42.1 Å². The average molecular weight is 269 g/mol. The molecule has 3 amide bonds. The fraction of sp³-hybridized carbons (Fsp3) is 0.143. The minimum absolute atomic E-state index is 0.126. The molecule has 1 aliphatic heterocycles. The van der Waals surface area contributed by atoms with Crippen LogP contribution in [0.15, 0.2) is 36.4 Å². The molecule has 0 saturated carbocycles. The van der Waals surface area contributed by atoms with Gasteiger partial charge in [0.05, 0.1) is 5.52 Å². The molecule has 6 heteroatoms. The molecule has 1 saturated heterocycles. The molecule has 0 spiro atoms. The number of hydrogen-bond donors (Lipinski definition) is 1. The number of amides is 3. The molecule has 0 unspecified atom stereocenters. The molecule has 1 aromatic heterocycles. The Balaban J connectivity index is 1.92. The second kappa shape index (κ2) is 4.73. The van der Waals surface area contributed by atoms with Crippen LogP contribution in [-0.4, -0.2) is 40.7 Å². The summed E-state index contributed by atoms with van der Waals surface area (Å²) in [6.45, 7) is -0.252. The third kappa shape index (κ3) is 2.23. The molecule has 3 rings (SSSR count). The largest absolute Gasteiger partial charge is 0.319 e. The maximum absolute atomic E-state index is 12.3. The summed E-state index contributed by atoms with van der Waals surface area (Å²) in [6, 6.07) is 10.8. The summed E-state index contributed by atoms with van der Waals surface area (Å²) in [4.78, 5) is 40.3. The standard InChI is InChI=1S/C14H11N3O3/c18-12-7-17(8-13(19)16-12)14(20)11-6-5-9-3-1-2-4-10(9)15-11/h1-6H,7-8H2,(H,16,18,19). The van der Waals surface area contributed by atoms with Gasteiger partial charge in [0.1, 0.15) is 18.8 Å². The molecule has 0 bridgehead atoms. The summed E-state index contributed by atoms with van der Waals surface area (Å²) in [5.74, 6) is -1.37. The first-order valence-electron chi connectivity index (χ1n) is 6.11. The van der Waals surface area contributed by atoms with Crippen molar-refractivity contribution < 1.29 is 14.4 Å². The number of para-hydroxylation sites is 1. The lowest BCUT2D eigenvalue weighted by Gasteiger charge is -2.25. The molecule has 2 aromatic rings. The van der Waals surface area contributed by atoms with Crippen LogP contribution in [0.25, 0.3) is 10.9 Å². The van der Waals surface area contributed by atoms with Crippen molar-refractivity contribution in [3.8, 4) is 0 Å². The zero-order valence-electron chi connectivity index (χ0n) is 10.5. The van der Waals surface area contributed by atoms with Gasteiger partial charge in [0.25, 0.3) is 5.91 Å². The van der Waals surface area contributed by atoms with Gasteiger partial charge in [-0.05, 0) is 12.1 Å². The van der Waals surface area contributed by atoms with Crippen LogP contribution >= 0.6 is 0 Å². The van der Waals surface area contributed by atoms with Gasteiger partial charge in [0, 0.05) is 5.39 Å². The second-order valence-electron chi connectivity index (χ2n) is 4.52. The number of hydrogen-bond acceptors (Lipinski definition) is 4. The summed E-state index contributed by atoms with van der Waals surface area (Å²) in [6.07, 6.45) is 0. The number of rotatable bonds is 1. The van der Waals surface area contributed by atoms with E-state index in [9.17, 15) is 14.4 Å². The van der Waals surface area contributed by atoms with Crippen LogP contribution in [0.2, 0.25) is 0 Å². The highest BCUT2D eigenvalue weighted by atomic mass is 16.2. The van der Waals surface area contributed by atoms with E-state index in [1.165, 1.54) is 4.90 Å². The Morgan fingerprint density at radius 2 is 1.75 bits per heavy atom. The average Bonchev–Trinajstić information content (AvgIpc) is 2.45. The van der Waals surface area contributed by atoms with Crippen molar-refractivity contribution in [1.29, 1.82) is 0 Å². The normalized spacial score (nSPS) is 15.3. The molecule has 0 aliphatic carbocycles. The Morgan fingerprint density at radius 1 is 1.05 bits per heavy atom. The molecular formula is C14H11N3O3. The first kappa shape index (κ1) is 12.3. The van der Waals surface area contributed by atoms with Crippen molar-refractivity contribution in [2.45, 2.75) is 0 Å². The van der Waals surface area contributed by atoms with Crippen LogP contribution in [-0.2, 0) is 9.59 Å². The summed E-state index contributed by atoms with van der Waals surface area (Å²) < 4.78 is 0. The Kier molecular flexibility index (Phi) is 2.90. The van der Waals surface area contributed by atoms with E-state index < -0.39 is 17.7 Å². The van der Waals surface area contributed by atoms with Gasteiger partial charge >= 0.3 is 0 Å². The van der Waals surface area contributed by atoms with Gasteiger partial charge in [0.2, 0.25) is 11.8 Å².